The van der Waals surface area contributed by atoms with Crippen LogP contribution in [0.25, 0.3) is 0 Å². The molecule has 1 spiro atoms. The van der Waals surface area contributed by atoms with Gasteiger partial charge in [-0.2, -0.15) is 0 Å². The molecule has 4 rings (SSSR count). The third-order valence-electron chi connectivity index (χ3n) is 6.44. The lowest BCUT2D eigenvalue weighted by molar-refractivity contribution is -0.116. The van der Waals surface area contributed by atoms with Crippen molar-refractivity contribution >= 4 is 11.6 Å². The van der Waals surface area contributed by atoms with Gasteiger partial charge in [0.25, 0.3) is 0 Å². The normalized spacial score (nSPS) is 24.3. The lowest BCUT2D eigenvalue weighted by Gasteiger charge is -2.44. The Balaban J connectivity index is 1.56. The van der Waals surface area contributed by atoms with Crippen LogP contribution >= 0.6 is 0 Å². The molecule has 3 aliphatic heterocycles. The van der Waals surface area contributed by atoms with Gasteiger partial charge in [-0.3, -0.25) is 4.79 Å². The zero-order chi connectivity index (χ0) is 16.7. The van der Waals surface area contributed by atoms with Crippen molar-refractivity contribution in [2.24, 2.45) is 0 Å². The summed E-state index contributed by atoms with van der Waals surface area (Å²) in [5.74, 6) is 0.178. The van der Waals surface area contributed by atoms with Crippen molar-refractivity contribution in [1.29, 1.82) is 0 Å². The monoisotopic (exact) mass is 327 g/mol. The molecule has 0 radical (unpaired) electrons. The highest BCUT2D eigenvalue weighted by molar-refractivity contribution is 5.94. The van der Waals surface area contributed by atoms with Crippen LogP contribution < -0.4 is 10.2 Å². The van der Waals surface area contributed by atoms with E-state index < -0.39 is 0 Å². The first-order chi connectivity index (χ1) is 11.6. The van der Waals surface area contributed by atoms with Crippen LogP contribution in [0.2, 0.25) is 0 Å². The van der Waals surface area contributed by atoms with E-state index in [0.717, 1.165) is 31.4 Å². The van der Waals surface area contributed by atoms with Crippen molar-refractivity contribution in [3.05, 3.63) is 29.3 Å². The van der Waals surface area contributed by atoms with E-state index in [1.807, 2.05) is 4.90 Å². The van der Waals surface area contributed by atoms with Crippen LogP contribution in [0.5, 0.6) is 0 Å². The molecule has 1 N–H and O–H groups in total. The standard InChI is InChI=1S/C20H29N3O/c1-15-3-4-19-18(13-15)20(14-23(19)16(2)24)7-11-22(12-8-20)17-5-9-21-10-6-17/h3-4,13,17,21H,5-12,14H2,1-2H3. The van der Waals surface area contributed by atoms with Crippen molar-refractivity contribution in [3.63, 3.8) is 0 Å². The zero-order valence-corrected chi connectivity index (χ0v) is 15.0. The van der Waals surface area contributed by atoms with E-state index >= 15 is 0 Å². The van der Waals surface area contributed by atoms with Crippen molar-refractivity contribution in [2.75, 3.05) is 37.6 Å². The van der Waals surface area contributed by atoms with Gasteiger partial charge in [-0.15, -0.1) is 0 Å². The molecular formula is C20H29N3O. The van der Waals surface area contributed by atoms with E-state index in [1.54, 1.807) is 6.92 Å². The number of nitrogens with one attached hydrogen (secondary N) is 1. The number of likely N-dealkylation sites (tertiary alicyclic amines) is 1. The molecule has 24 heavy (non-hydrogen) atoms. The molecule has 2 fully saturated rings. The third kappa shape index (κ3) is 2.66. The predicted molar refractivity (Wildman–Crippen MR) is 97.6 cm³/mol. The van der Waals surface area contributed by atoms with Gasteiger partial charge in [-0.25, -0.2) is 0 Å². The second kappa shape index (κ2) is 6.16. The molecule has 0 aliphatic carbocycles. The van der Waals surface area contributed by atoms with Crippen LogP contribution in [0.1, 0.15) is 43.7 Å². The van der Waals surface area contributed by atoms with Crippen molar-refractivity contribution < 1.29 is 4.79 Å². The average molecular weight is 327 g/mol. The minimum Gasteiger partial charge on any atom is -0.317 e. The maximum atomic E-state index is 12.1. The molecule has 1 aromatic carbocycles. The number of anilines is 1. The Morgan fingerprint density at radius 3 is 2.58 bits per heavy atom. The molecule has 0 unspecified atom stereocenters. The summed E-state index contributed by atoms with van der Waals surface area (Å²) in [6, 6.07) is 7.38. The summed E-state index contributed by atoms with van der Waals surface area (Å²) in [4.78, 5) is 16.9. The van der Waals surface area contributed by atoms with Crippen molar-refractivity contribution in [1.82, 2.24) is 10.2 Å². The van der Waals surface area contributed by atoms with Crippen LogP contribution in [-0.4, -0.2) is 49.6 Å². The zero-order valence-electron chi connectivity index (χ0n) is 15.0. The van der Waals surface area contributed by atoms with Gasteiger partial charge in [0.2, 0.25) is 5.91 Å². The number of aryl methyl sites for hydroxylation is 1. The average Bonchev–Trinajstić information content (AvgIpc) is 2.91. The summed E-state index contributed by atoms with van der Waals surface area (Å²) in [5, 5.41) is 3.47. The number of benzene rings is 1. The molecule has 4 heteroatoms. The van der Waals surface area contributed by atoms with Crippen molar-refractivity contribution in [2.45, 2.75) is 51.0 Å². The predicted octanol–water partition coefficient (Wildman–Crippen LogP) is 2.45. The van der Waals surface area contributed by atoms with E-state index in [-0.39, 0.29) is 11.3 Å². The number of carbonyl (C=O) groups excluding carboxylic acids is 1. The molecule has 1 aromatic rings. The van der Waals surface area contributed by atoms with Crippen LogP contribution in [0.3, 0.4) is 0 Å². The third-order valence-corrected chi connectivity index (χ3v) is 6.44. The molecule has 0 saturated carbocycles. The molecule has 130 valence electrons. The first-order valence-electron chi connectivity index (χ1n) is 9.43. The quantitative estimate of drug-likeness (QED) is 0.860. The largest absolute Gasteiger partial charge is 0.317 e. The number of nitrogens with zero attached hydrogens (tertiary/aromatic N) is 2. The Hall–Kier alpha value is -1.39. The number of hydrogen-bond donors (Lipinski definition) is 1. The van der Waals surface area contributed by atoms with E-state index in [9.17, 15) is 4.79 Å². The molecule has 0 aromatic heterocycles. The van der Waals surface area contributed by atoms with E-state index in [4.69, 9.17) is 0 Å². The molecule has 1 amide bonds. The second-order valence-electron chi connectivity index (χ2n) is 7.92. The number of fused-ring (bicyclic) bond motifs is 2. The molecule has 3 heterocycles. The van der Waals surface area contributed by atoms with Gasteiger partial charge in [0, 0.05) is 30.6 Å². The van der Waals surface area contributed by atoms with Crippen LogP contribution in [-0.2, 0) is 10.2 Å². The smallest absolute Gasteiger partial charge is 0.223 e. The highest BCUT2D eigenvalue weighted by atomic mass is 16.2. The summed E-state index contributed by atoms with van der Waals surface area (Å²) in [7, 11) is 0. The summed E-state index contributed by atoms with van der Waals surface area (Å²) in [6.45, 7) is 9.40. The number of hydrogen-bond acceptors (Lipinski definition) is 3. The summed E-state index contributed by atoms with van der Waals surface area (Å²) in [6.07, 6.45) is 4.92. The van der Waals surface area contributed by atoms with Crippen LogP contribution in [0, 0.1) is 6.92 Å². The first-order valence-corrected chi connectivity index (χ1v) is 9.43. The minimum absolute atomic E-state index is 0.177. The second-order valence-corrected chi connectivity index (χ2v) is 7.92. The lowest BCUT2D eigenvalue weighted by atomic mass is 9.73. The molecular weight excluding hydrogens is 298 g/mol. The van der Waals surface area contributed by atoms with Crippen LogP contribution in [0.4, 0.5) is 5.69 Å². The Morgan fingerprint density at radius 1 is 1.21 bits per heavy atom. The molecule has 4 nitrogen and oxygen atoms in total. The van der Waals surface area contributed by atoms with Gasteiger partial charge in [-0.1, -0.05) is 17.7 Å². The highest BCUT2D eigenvalue weighted by Crippen LogP contribution is 2.47. The minimum atomic E-state index is 0.177. The summed E-state index contributed by atoms with van der Waals surface area (Å²) in [5.41, 5.74) is 4.06. The first kappa shape index (κ1) is 16.1. The number of rotatable bonds is 1. The molecule has 2 saturated heterocycles. The number of carbonyl (C=O) groups is 1. The number of amides is 1. The molecule has 0 atom stereocenters. The van der Waals surface area contributed by atoms with Gasteiger partial charge in [0.1, 0.15) is 0 Å². The van der Waals surface area contributed by atoms with Crippen molar-refractivity contribution in [3.8, 4) is 0 Å². The van der Waals surface area contributed by atoms with E-state index in [0.29, 0.717) is 0 Å². The van der Waals surface area contributed by atoms with Gasteiger partial charge >= 0.3 is 0 Å². The fourth-order valence-electron chi connectivity index (χ4n) is 4.98. The SMILES string of the molecule is CC(=O)N1CC2(CCN(C3CCNCC3)CC2)c2cc(C)ccc21. The Morgan fingerprint density at radius 2 is 1.92 bits per heavy atom. The topological polar surface area (TPSA) is 35.6 Å². The van der Waals surface area contributed by atoms with Gasteiger partial charge in [0.15, 0.2) is 0 Å². The van der Waals surface area contributed by atoms with E-state index in [2.05, 4.69) is 35.3 Å². The maximum absolute atomic E-state index is 12.1. The Labute approximate surface area is 145 Å². The Kier molecular flexibility index (Phi) is 4.13. The lowest BCUT2D eigenvalue weighted by Crippen LogP contribution is -2.51. The summed E-state index contributed by atoms with van der Waals surface area (Å²) >= 11 is 0. The van der Waals surface area contributed by atoms with Crippen LogP contribution in [0.15, 0.2) is 18.2 Å². The van der Waals surface area contributed by atoms with Gasteiger partial charge in [0.05, 0.1) is 0 Å². The van der Waals surface area contributed by atoms with Gasteiger partial charge < -0.3 is 15.1 Å². The van der Waals surface area contributed by atoms with E-state index in [1.165, 1.54) is 49.9 Å². The highest BCUT2D eigenvalue weighted by Gasteiger charge is 2.46. The maximum Gasteiger partial charge on any atom is 0.223 e. The summed E-state index contributed by atoms with van der Waals surface area (Å²) < 4.78 is 0. The van der Waals surface area contributed by atoms with Gasteiger partial charge in [-0.05, 0) is 70.4 Å². The molecule has 0 bridgehead atoms. The number of piperidine rings is 2. The Bertz CT molecular complexity index is 628. The molecule has 3 aliphatic rings. The fourth-order valence-corrected chi connectivity index (χ4v) is 4.98. The fraction of sp³-hybridized carbons (Fsp3) is 0.650.